The van der Waals surface area contributed by atoms with Crippen LogP contribution in [-0.4, -0.2) is 35.2 Å². The quantitative estimate of drug-likeness (QED) is 0.519. The van der Waals surface area contributed by atoms with Gasteiger partial charge in [0.2, 0.25) is 0 Å². The van der Waals surface area contributed by atoms with Gasteiger partial charge in [0.05, 0.1) is 5.57 Å². The molecule has 0 radical (unpaired) electrons. The first-order valence-electron chi connectivity index (χ1n) is 10.3. The summed E-state index contributed by atoms with van der Waals surface area (Å²) in [7, 11) is 1.76. The predicted octanol–water partition coefficient (Wildman–Crippen LogP) is 4.42. The minimum atomic E-state index is -0.418. The van der Waals surface area contributed by atoms with Crippen molar-refractivity contribution in [1.82, 2.24) is 9.80 Å². The monoisotopic (exact) mass is 432 g/mol. The fourth-order valence-electron chi connectivity index (χ4n) is 3.83. The third-order valence-corrected chi connectivity index (χ3v) is 5.46. The number of hydrogen-bond acceptors (Lipinski definition) is 3. The maximum atomic E-state index is 13.5. The van der Waals surface area contributed by atoms with Gasteiger partial charge in [-0.05, 0) is 47.4 Å². The third-order valence-electron chi connectivity index (χ3n) is 5.46. The summed E-state index contributed by atoms with van der Waals surface area (Å²) < 4.78 is 26.7. The second-order valence-electron chi connectivity index (χ2n) is 7.71. The molecule has 0 N–H and O–H groups in total. The lowest BCUT2D eigenvalue weighted by molar-refractivity contribution is -0.137. The number of halogens is 2. The lowest BCUT2D eigenvalue weighted by atomic mass is 10.0. The third kappa shape index (κ3) is 4.44. The van der Waals surface area contributed by atoms with E-state index in [0.29, 0.717) is 18.5 Å². The van der Waals surface area contributed by atoms with E-state index in [-0.39, 0.29) is 23.6 Å². The Morgan fingerprint density at radius 1 is 0.750 bits per heavy atom. The molecule has 0 spiro atoms. The molecule has 0 saturated heterocycles. The minimum Gasteiger partial charge on any atom is -0.365 e. The van der Waals surface area contributed by atoms with Gasteiger partial charge in [0.15, 0.2) is 0 Å². The summed E-state index contributed by atoms with van der Waals surface area (Å²) in [5.74, 6) is -1.57. The van der Waals surface area contributed by atoms with E-state index in [4.69, 9.17) is 0 Å². The fraction of sp³-hybridized carbons (Fsp3) is 0.154. The zero-order chi connectivity index (χ0) is 22.7. The van der Waals surface area contributed by atoms with E-state index in [1.807, 2.05) is 30.3 Å². The highest BCUT2D eigenvalue weighted by molar-refractivity contribution is 6.35. The van der Waals surface area contributed by atoms with Gasteiger partial charge in [-0.2, -0.15) is 0 Å². The second kappa shape index (κ2) is 9.14. The van der Waals surface area contributed by atoms with Crippen molar-refractivity contribution in [2.24, 2.45) is 0 Å². The SMILES string of the molecule is CN(Cc1ccccc1)C1=C(c2ccc(F)cc2)C(=O)N(CCc2ccc(F)cc2)C1=O. The van der Waals surface area contributed by atoms with Crippen LogP contribution in [0.2, 0.25) is 0 Å². The molecule has 4 nitrogen and oxygen atoms in total. The maximum Gasteiger partial charge on any atom is 0.277 e. The van der Waals surface area contributed by atoms with Gasteiger partial charge in [0, 0.05) is 20.1 Å². The van der Waals surface area contributed by atoms with Crippen molar-refractivity contribution < 1.29 is 18.4 Å². The molecule has 0 saturated carbocycles. The van der Waals surface area contributed by atoms with Gasteiger partial charge in [-0.3, -0.25) is 14.5 Å². The number of amides is 2. The number of likely N-dealkylation sites (N-methyl/N-ethyl adjacent to an activating group) is 1. The summed E-state index contributed by atoms with van der Waals surface area (Å²) in [6.45, 7) is 0.600. The Balaban J connectivity index is 1.64. The van der Waals surface area contributed by atoms with Crippen molar-refractivity contribution in [1.29, 1.82) is 0 Å². The number of rotatable bonds is 7. The molecular weight excluding hydrogens is 410 g/mol. The molecule has 1 aliphatic rings. The van der Waals surface area contributed by atoms with Crippen LogP contribution in [0, 0.1) is 11.6 Å². The molecule has 0 bridgehead atoms. The lowest BCUT2D eigenvalue weighted by Crippen LogP contribution is -2.35. The van der Waals surface area contributed by atoms with Gasteiger partial charge in [-0.1, -0.05) is 54.6 Å². The van der Waals surface area contributed by atoms with Crippen molar-refractivity contribution in [2.75, 3.05) is 13.6 Å². The first kappa shape index (κ1) is 21.4. The van der Waals surface area contributed by atoms with Crippen LogP contribution in [0.3, 0.4) is 0 Å². The summed E-state index contributed by atoms with van der Waals surface area (Å²) >= 11 is 0. The highest BCUT2D eigenvalue weighted by Gasteiger charge is 2.40. The molecule has 0 fully saturated rings. The Bertz CT molecular complexity index is 1160. The summed E-state index contributed by atoms with van der Waals surface area (Å²) in [4.78, 5) is 29.6. The Labute approximate surface area is 185 Å². The van der Waals surface area contributed by atoms with Gasteiger partial charge in [-0.15, -0.1) is 0 Å². The van der Waals surface area contributed by atoms with Gasteiger partial charge in [0.1, 0.15) is 17.3 Å². The zero-order valence-corrected chi connectivity index (χ0v) is 17.6. The first-order valence-corrected chi connectivity index (χ1v) is 10.3. The topological polar surface area (TPSA) is 40.6 Å². The molecule has 1 heterocycles. The molecule has 32 heavy (non-hydrogen) atoms. The molecule has 0 aliphatic carbocycles. The van der Waals surface area contributed by atoms with Crippen molar-refractivity contribution >= 4 is 17.4 Å². The molecule has 1 aliphatic heterocycles. The van der Waals surface area contributed by atoms with Crippen LogP contribution in [0.15, 0.2) is 84.6 Å². The molecule has 0 atom stereocenters. The summed E-state index contributed by atoms with van der Waals surface area (Å²) in [5.41, 5.74) is 2.84. The van der Waals surface area contributed by atoms with Crippen LogP contribution in [0.25, 0.3) is 5.57 Å². The second-order valence-corrected chi connectivity index (χ2v) is 7.71. The number of carbonyl (C=O) groups is 2. The summed E-state index contributed by atoms with van der Waals surface area (Å²) in [6.07, 6.45) is 0.407. The van der Waals surface area contributed by atoms with Gasteiger partial charge < -0.3 is 4.90 Å². The van der Waals surface area contributed by atoms with Crippen LogP contribution in [0.5, 0.6) is 0 Å². The van der Waals surface area contributed by atoms with Crippen molar-refractivity contribution in [3.05, 3.63) is 113 Å². The van der Waals surface area contributed by atoms with Crippen molar-refractivity contribution in [3.8, 4) is 0 Å². The summed E-state index contributed by atoms with van der Waals surface area (Å²) in [5, 5.41) is 0. The first-order chi connectivity index (χ1) is 15.4. The van der Waals surface area contributed by atoms with Crippen molar-refractivity contribution in [3.63, 3.8) is 0 Å². The molecule has 3 aromatic carbocycles. The fourth-order valence-corrected chi connectivity index (χ4v) is 3.83. The highest BCUT2D eigenvalue weighted by atomic mass is 19.1. The molecule has 0 unspecified atom stereocenters. The van der Waals surface area contributed by atoms with Gasteiger partial charge in [-0.25, -0.2) is 8.78 Å². The largest absolute Gasteiger partial charge is 0.365 e. The van der Waals surface area contributed by atoms with E-state index in [2.05, 4.69) is 0 Å². The van der Waals surface area contributed by atoms with Gasteiger partial charge in [0.25, 0.3) is 11.8 Å². The number of imide groups is 1. The van der Waals surface area contributed by atoms with Gasteiger partial charge >= 0.3 is 0 Å². The van der Waals surface area contributed by atoms with E-state index in [9.17, 15) is 18.4 Å². The van der Waals surface area contributed by atoms with E-state index < -0.39 is 17.6 Å². The van der Waals surface area contributed by atoms with Crippen LogP contribution >= 0.6 is 0 Å². The molecule has 4 rings (SSSR count). The van der Waals surface area contributed by atoms with Crippen LogP contribution in [0.1, 0.15) is 16.7 Å². The van der Waals surface area contributed by atoms with E-state index >= 15 is 0 Å². The Morgan fingerprint density at radius 2 is 1.34 bits per heavy atom. The minimum absolute atomic E-state index is 0.163. The van der Waals surface area contributed by atoms with E-state index in [0.717, 1.165) is 11.1 Å². The molecular formula is C26H22F2N2O2. The Hall–Kier alpha value is -3.80. The van der Waals surface area contributed by atoms with E-state index in [1.54, 1.807) is 24.1 Å². The molecule has 6 heteroatoms. The van der Waals surface area contributed by atoms with E-state index in [1.165, 1.54) is 41.3 Å². The number of carbonyl (C=O) groups excluding carboxylic acids is 2. The Morgan fingerprint density at radius 3 is 1.97 bits per heavy atom. The zero-order valence-electron chi connectivity index (χ0n) is 17.6. The molecule has 162 valence electrons. The molecule has 3 aromatic rings. The average molecular weight is 432 g/mol. The number of nitrogens with zero attached hydrogens (tertiary/aromatic N) is 2. The number of hydrogen-bond donors (Lipinski definition) is 0. The maximum absolute atomic E-state index is 13.5. The number of benzene rings is 3. The molecule has 0 aromatic heterocycles. The normalized spacial score (nSPS) is 13.8. The summed E-state index contributed by atoms with van der Waals surface area (Å²) in [6, 6.07) is 21.2. The highest BCUT2D eigenvalue weighted by Crippen LogP contribution is 2.32. The average Bonchev–Trinajstić information content (AvgIpc) is 3.04. The van der Waals surface area contributed by atoms with Crippen LogP contribution in [-0.2, 0) is 22.6 Å². The predicted molar refractivity (Wildman–Crippen MR) is 118 cm³/mol. The van der Waals surface area contributed by atoms with Crippen LogP contribution < -0.4 is 0 Å². The van der Waals surface area contributed by atoms with Crippen LogP contribution in [0.4, 0.5) is 8.78 Å². The standard InChI is InChI=1S/C26H22F2N2O2/c1-29(17-19-5-3-2-4-6-19)24-23(20-9-13-22(28)14-10-20)25(31)30(26(24)32)16-15-18-7-11-21(27)12-8-18/h2-14H,15-17H2,1H3. The smallest absolute Gasteiger partial charge is 0.277 e. The Kier molecular flexibility index (Phi) is 6.12. The lowest BCUT2D eigenvalue weighted by Gasteiger charge is -2.21. The van der Waals surface area contributed by atoms with Crippen molar-refractivity contribution in [2.45, 2.75) is 13.0 Å². The molecule has 2 amide bonds.